The van der Waals surface area contributed by atoms with Gasteiger partial charge in [0.05, 0.1) is 11.2 Å². The van der Waals surface area contributed by atoms with Crippen molar-refractivity contribution < 1.29 is 8.42 Å². The zero-order chi connectivity index (χ0) is 11.5. The molecule has 0 unspecified atom stereocenters. The van der Waals surface area contributed by atoms with Gasteiger partial charge in [0.2, 0.25) is 0 Å². The van der Waals surface area contributed by atoms with Crippen LogP contribution >= 0.6 is 23.2 Å². The first kappa shape index (κ1) is 12.8. The van der Waals surface area contributed by atoms with Gasteiger partial charge in [0.15, 0.2) is 5.03 Å². The number of alkyl halides is 1. The average Bonchev–Trinajstić information content (AvgIpc) is 2.46. The number of sulfonamides is 1. The molecule has 0 aromatic carbocycles. The summed E-state index contributed by atoms with van der Waals surface area (Å²) in [5, 5.41) is 3.83. The number of halogens is 2. The molecule has 1 aromatic heterocycles. The summed E-state index contributed by atoms with van der Waals surface area (Å²) in [4.78, 5) is 0. The quantitative estimate of drug-likeness (QED) is 0.642. The fourth-order valence-corrected chi connectivity index (χ4v) is 2.90. The first-order chi connectivity index (χ1) is 6.99. The third-order valence-corrected chi connectivity index (χ3v) is 3.93. The third-order valence-electron chi connectivity index (χ3n) is 1.70. The highest BCUT2D eigenvalue weighted by molar-refractivity contribution is 7.89. The molecule has 0 spiro atoms. The van der Waals surface area contributed by atoms with Gasteiger partial charge in [-0.15, -0.1) is 11.6 Å². The Labute approximate surface area is 98.4 Å². The van der Waals surface area contributed by atoms with Crippen molar-refractivity contribution in [1.29, 1.82) is 0 Å². The lowest BCUT2D eigenvalue weighted by Gasteiger charge is -2.06. The summed E-state index contributed by atoms with van der Waals surface area (Å²) in [5.41, 5.74) is 0. The molecule has 1 heterocycles. The Balaban J connectivity index is 2.87. The molecule has 86 valence electrons. The summed E-state index contributed by atoms with van der Waals surface area (Å²) in [6, 6.07) is 0. The molecule has 0 bridgehead atoms. The fourth-order valence-electron chi connectivity index (χ4n) is 1.04. The van der Waals surface area contributed by atoms with E-state index in [0.29, 0.717) is 12.3 Å². The zero-order valence-corrected chi connectivity index (χ0v) is 10.4. The van der Waals surface area contributed by atoms with E-state index in [4.69, 9.17) is 23.2 Å². The molecule has 0 fully saturated rings. The lowest BCUT2D eigenvalue weighted by atomic mass is 10.5. The van der Waals surface area contributed by atoms with Crippen LogP contribution in [0.2, 0.25) is 5.02 Å². The second-order valence-electron chi connectivity index (χ2n) is 2.86. The Morgan fingerprint density at radius 1 is 1.60 bits per heavy atom. The highest BCUT2D eigenvalue weighted by atomic mass is 35.5. The Morgan fingerprint density at radius 2 is 2.27 bits per heavy atom. The first-order valence-electron chi connectivity index (χ1n) is 4.22. The predicted molar refractivity (Wildman–Crippen MR) is 58.7 cm³/mol. The normalized spacial score (nSPS) is 11.9. The number of aryl methyl sites for hydroxylation is 1. The monoisotopic (exact) mass is 271 g/mol. The molecule has 0 aliphatic rings. The molecule has 15 heavy (non-hydrogen) atoms. The van der Waals surface area contributed by atoms with Gasteiger partial charge < -0.3 is 0 Å². The van der Waals surface area contributed by atoms with Gasteiger partial charge in [0.25, 0.3) is 10.0 Å². The lowest BCUT2D eigenvalue weighted by molar-refractivity contribution is 0.563. The van der Waals surface area contributed by atoms with Crippen molar-refractivity contribution >= 4 is 33.2 Å². The number of nitrogens with one attached hydrogen (secondary N) is 1. The van der Waals surface area contributed by atoms with Crippen LogP contribution in [0.25, 0.3) is 0 Å². The van der Waals surface area contributed by atoms with E-state index >= 15 is 0 Å². The molecule has 8 heteroatoms. The average molecular weight is 272 g/mol. The van der Waals surface area contributed by atoms with Crippen LogP contribution in [0.3, 0.4) is 0 Å². The fraction of sp³-hybridized carbons (Fsp3) is 0.571. The van der Waals surface area contributed by atoms with Gasteiger partial charge in [-0.3, -0.25) is 4.68 Å². The van der Waals surface area contributed by atoms with Gasteiger partial charge in [-0.05, 0) is 6.42 Å². The number of hydrogen-bond donors (Lipinski definition) is 1. The summed E-state index contributed by atoms with van der Waals surface area (Å²) < 4.78 is 27.0. The number of aromatic nitrogens is 2. The second kappa shape index (κ2) is 5.16. The summed E-state index contributed by atoms with van der Waals surface area (Å²) in [6.45, 7) is 0.285. The largest absolute Gasteiger partial charge is 0.259 e. The van der Waals surface area contributed by atoms with Gasteiger partial charge in [-0.2, -0.15) is 5.10 Å². The van der Waals surface area contributed by atoms with Crippen molar-refractivity contribution in [3.63, 3.8) is 0 Å². The van der Waals surface area contributed by atoms with Gasteiger partial charge in [0.1, 0.15) is 0 Å². The number of rotatable bonds is 5. The summed E-state index contributed by atoms with van der Waals surface area (Å²) in [5.74, 6) is 0.404. The van der Waals surface area contributed by atoms with Crippen LogP contribution in [0.1, 0.15) is 6.42 Å². The molecule has 0 atom stereocenters. The van der Waals surface area contributed by atoms with Crippen LogP contribution < -0.4 is 4.72 Å². The molecule has 0 radical (unpaired) electrons. The second-order valence-corrected chi connectivity index (χ2v) is 5.33. The van der Waals surface area contributed by atoms with Crippen LogP contribution in [0.5, 0.6) is 0 Å². The predicted octanol–water partition coefficient (Wildman–Crippen LogP) is 0.981. The highest BCUT2D eigenvalue weighted by Crippen LogP contribution is 2.19. The number of nitrogens with zero attached hydrogens (tertiary/aromatic N) is 2. The molecule has 1 rings (SSSR count). The van der Waals surface area contributed by atoms with E-state index in [0.717, 1.165) is 0 Å². The van der Waals surface area contributed by atoms with Crippen LogP contribution in [-0.2, 0) is 17.1 Å². The van der Waals surface area contributed by atoms with E-state index in [1.54, 1.807) is 0 Å². The maximum absolute atomic E-state index is 11.7. The van der Waals surface area contributed by atoms with Gasteiger partial charge in [-0.1, -0.05) is 11.6 Å². The topological polar surface area (TPSA) is 64.0 Å². The summed E-state index contributed by atoms with van der Waals surface area (Å²) in [6.07, 6.45) is 1.86. The summed E-state index contributed by atoms with van der Waals surface area (Å²) >= 11 is 11.2. The molecular formula is C7H11Cl2N3O2S. The van der Waals surface area contributed by atoms with Crippen molar-refractivity contribution in [1.82, 2.24) is 14.5 Å². The van der Waals surface area contributed by atoms with Crippen molar-refractivity contribution in [2.75, 3.05) is 12.4 Å². The van der Waals surface area contributed by atoms with Gasteiger partial charge >= 0.3 is 0 Å². The maximum Gasteiger partial charge on any atom is 0.259 e. The summed E-state index contributed by atoms with van der Waals surface area (Å²) in [7, 11) is -2.07. The van der Waals surface area contributed by atoms with E-state index in [-0.39, 0.29) is 16.6 Å². The molecule has 0 aliphatic carbocycles. The molecule has 1 aromatic rings. The standard InChI is InChI=1S/C7H11Cl2N3O2S/c1-12-7(6(9)5-10-12)15(13,14)11-4-2-3-8/h5,11H,2-4H2,1H3. The molecule has 5 nitrogen and oxygen atoms in total. The Bertz CT molecular complexity index is 410. The smallest absolute Gasteiger partial charge is 0.255 e. The van der Waals surface area contributed by atoms with Crippen LogP contribution in [-0.4, -0.2) is 30.6 Å². The minimum atomic E-state index is -3.59. The Kier molecular flexibility index (Phi) is 4.39. The number of hydrogen-bond acceptors (Lipinski definition) is 3. The Morgan fingerprint density at radius 3 is 2.73 bits per heavy atom. The Hall–Kier alpha value is -0.300. The van der Waals surface area contributed by atoms with Gasteiger partial charge in [0, 0.05) is 19.5 Å². The van der Waals surface area contributed by atoms with E-state index < -0.39 is 10.0 Å². The molecule has 0 amide bonds. The van der Waals surface area contributed by atoms with Crippen molar-refractivity contribution in [2.24, 2.45) is 7.05 Å². The highest BCUT2D eigenvalue weighted by Gasteiger charge is 2.21. The SMILES string of the molecule is Cn1ncc(Cl)c1S(=O)(=O)NCCCCl. The molecular weight excluding hydrogens is 261 g/mol. The zero-order valence-electron chi connectivity index (χ0n) is 8.07. The van der Waals surface area contributed by atoms with E-state index in [1.165, 1.54) is 17.9 Å². The molecule has 0 saturated carbocycles. The lowest BCUT2D eigenvalue weighted by Crippen LogP contribution is -2.27. The van der Waals surface area contributed by atoms with Gasteiger partial charge in [-0.25, -0.2) is 13.1 Å². The third kappa shape index (κ3) is 3.07. The molecule has 0 saturated heterocycles. The van der Waals surface area contributed by atoms with Crippen LogP contribution in [0.15, 0.2) is 11.2 Å². The molecule has 0 aliphatic heterocycles. The van der Waals surface area contributed by atoms with E-state index in [9.17, 15) is 8.42 Å². The van der Waals surface area contributed by atoms with Crippen LogP contribution in [0, 0.1) is 0 Å². The minimum absolute atomic E-state index is 0.0289. The molecule has 1 N–H and O–H groups in total. The van der Waals surface area contributed by atoms with E-state index in [2.05, 4.69) is 9.82 Å². The first-order valence-corrected chi connectivity index (χ1v) is 6.61. The van der Waals surface area contributed by atoms with Crippen molar-refractivity contribution in [3.8, 4) is 0 Å². The maximum atomic E-state index is 11.7. The van der Waals surface area contributed by atoms with Crippen molar-refractivity contribution in [2.45, 2.75) is 11.4 Å². The van der Waals surface area contributed by atoms with Crippen LogP contribution in [0.4, 0.5) is 0 Å². The minimum Gasteiger partial charge on any atom is -0.255 e. The van der Waals surface area contributed by atoms with E-state index in [1.807, 2.05) is 0 Å². The van der Waals surface area contributed by atoms with Crippen molar-refractivity contribution in [3.05, 3.63) is 11.2 Å².